The number of nitrogens with two attached hydrogens (primary N) is 1. The van der Waals surface area contributed by atoms with Gasteiger partial charge in [0, 0.05) is 42.0 Å². The fourth-order valence-electron chi connectivity index (χ4n) is 6.28. The lowest BCUT2D eigenvalue weighted by atomic mass is 9.79. The number of carbonyl (C=O) groups is 1. The third-order valence-electron chi connectivity index (χ3n) is 7.12. The van der Waals surface area contributed by atoms with Crippen LogP contribution in [-0.4, -0.2) is 28.5 Å². The highest BCUT2D eigenvalue weighted by molar-refractivity contribution is 5.88. The van der Waals surface area contributed by atoms with Crippen LogP contribution in [0.2, 0.25) is 0 Å². The van der Waals surface area contributed by atoms with Crippen LogP contribution in [0, 0.1) is 24.7 Å². The molecule has 2 aliphatic heterocycles. The molecule has 4 nitrogen and oxygen atoms in total. The van der Waals surface area contributed by atoms with E-state index in [1.54, 1.807) is 0 Å². The normalized spacial score (nSPS) is 34.5. The quantitative estimate of drug-likeness (QED) is 0.877. The summed E-state index contributed by atoms with van der Waals surface area (Å²) in [6, 6.07) is 8.69. The second-order valence-electron chi connectivity index (χ2n) is 8.00. The lowest BCUT2D eigenvalue weighted by molar-refractivity contribution is -0.133. The van der Waals surface area contributed by atoms with Gasteiger partial charge in [0.15, 0.2) is 0 Å². The highest BCUT2D eigenvalue weighted by atomic mass is 16.2. The molecule has 2 N–H and O–H groups in total. The van der Waals surface area contributed by atoms with Crippen LogP contribution < -0.4 is 5.73 Å². The first-order valence-corrected chi connectivity index (χ1v) is 9.18. The van der Waals surface area contributed by atoms with E-state index < -0.39 is 0 Å². The molecule has 1 amide bonds. The van der Waals surface area contributed by atoms with Crippen LogP contribution in [0.25, 0.3) is 10.9 Å². The maximum atomic E-state index is 12.8. The van der Waals surface area contributed by atoms with Crippen molar-refractivity contribution in [1.29, 1.82) is 0 Å². The minimum absolute atomic E-state index is 0.123. The minimum atomic E-state index is -0.123. The van der Waals surface area contributed by atoms with Crippen LogP contribution in [0.4, 0.5) is 0 Å². The van der Waals surface area contributed by atoms with Crippen molar-refractivity contribution in [2.45, 2.75) is 38.8 Å². The van der Waals surface area contributed by atoms with Crippen molar-refractivity contribution < 1.29 is 4.79 Å². The van der Waals surface area contributed by atoms with Crippen LogP contribution in [0.15, 0.2) is 24.3 Å². The van der Waals surface area contributed by atoms with E-state index in [1.807, 2.05) is 0 Å². The summed E-state index contributed by atoms with van der Waals surface area (Å²) in [6.45, 7) is 7.00. The Morgan fingerprint density at radius 1 is 1.29 bits per heavy atom. The number of para-hydroxylation sites is 1. The fraction of sp³-hybridized carbons (Fsp3) is 0.550. The molecule has 1 saturated heterocycles. The summed E-state index contributed by atoms with van der Waals surface area (Å²) in [6.07, 6.45) is 1.73. The van der Waals surface area contributed by atoms with E-state index in [0.29, 0.717) is 36.6 Å². The maximum Gasteiger partial charge on any atom is 0.223 e. The lowest BCUT2D eigenvalue weighted by Crippen LogP contribution is -2.51. The topological polar surface area (TPSA) is 51.3 Å². The van der Waals surface area contributed by atoms with E-state index >= 15 is 0 Å². The van der Waals surface area contributed by atoms with Crippen molar-refractivity contribution >= 4 is 16.8 Å². The molecule has 1 saturated carbocycles. The van der Waals surface area contributed by atoms with E-state index in [0.717, 1.165) is 19.5 Å². The highest BCUT2D eigenvalue weighted by Crippen LogP contribution is 2.61. The number of benzene rings is 1. The zero-order valence-corrected chi connectivity index (χ0v) is 14.5. The standard InChI is InChI=1S/C20H25N3O/c1-12-10-20-16(15(12)11-21)9-18(24)23(20)8-7-22-17-6-4-3-5-14(17)13(2)19(20)22/h3-6,12,15-16H,7-11,21H2,1-2H3/t12-,15+,16-,20+/m0/s1. The average Bonchev–Trinajstić information content (AvgIpc) is 3.12. The molecular weight excluding hydrogens is 298 g/mol. The summed E-state index contributed by atoms with van der Waals surface area (Å²) < 4.78 is 2.50. The van der Waals surface area contributed by atoms with E-state index in [9.17, 15) is 4.79 Å². The van der Waals surface area contributed by atoms with Crippen molar-refractivity contribution in [3.05, 3.63) is 35.5 Å². The van der Waals surface area contributed by atoms with Gasteiger partial charge in [0.2, 0.25) is 5.91 Å². The first kappa shape index (κ1) is 14.5. The number of carbonyl (C=O) groups excluding carboxylic acids is 1. The average molecular weight is 323 g/mol. The number of hydrogen-bond donors (Lipinski definition) is 1. The Bertz CT molecular complexity index is 854. The first-order chi connectivity index (χ1) is 11.6. The van der Waals surface area contributed by atoms with Gasteiger partial charge in [0.25, 0.3) is 0 Å². The van der Waals surface area contributed by atoms with Crippen molar-refractivity contribution in [3.8, 4) is 0 Å². The van der Waals surface area contributed by atoms with Gasteiger partial charge in [-0.15, -0.1) is 0 Å². The number of hydrogen-bond acceptors (Lipinski definition) is 2. The summed E-state index contributed by atoms with van der Waals surface area (Å²) >= 11 is 0. The highest BCUT2D eigenvalue weighted by Gasteiger charge is 2.64. The Morgan fingerprint density at radius 3 is 2.88 bits per heavy atom. The summed E-state index contributed by atoms with van der Waals surface area (Å²) in [7, 11) is 0. The number of fused-ring (bicyclic) bond motifs is 3. The maximum absolute atomic E-state index is 12.8. The van der Waals surface area contributed by atoms with Crippen molar-refractivity contribution in [3.63, 3.8) is 0 Å². The molecule has 0 radical (unpaired) electrons. The molecule has 24 heavy (non-hydrogen) atoms. The number of nitrogens with zero attached hydrogens (tertiary/aromatic N) is 2. The summed E-state index contributed by atoms with van der Waals surface area (Å²) in [4.78, 5) is 15.0. The van der Waals surface area contributed by atoms with Crippen molar-refractivity contribution in [1.82, 2.24) is 9.47 Å². The van der Waals surface area contributed by atoms with Gasteiger partial charge in [-0.25, -0.2) is 0 Å². The monoisotopic (exact) mass is 323 g/mol. The van der Waals surface area contributed by atoms with Gasteiger partial charge in [0.1, 0.15) is 0 Å². The molecule has 3 aliphatic rings. The molecule has 4 atom stereocenters. The molecule has 1 spiro atoms. The molecule has 1 aliphatic carbocycles. The third-order valence-corrected chi connectivity index (χ3v) is 7.12. The van der Waals surface area contributed by atoms with Crippen LogP contribution in [-0.2, 0) is 16.9 Å². The SMILES string of the molecule is Cc1c2n(c3ccccc13)CCN1C(=O)C[C@H]3[C@H](CN)[C@@H](C)C[C@]231. The van der Waals surface area contributed by atoms with Gasteiger partial charge in [-0.05, 0) is 43.4 Å². The first-order valence-electron chi connectivity index (χ1n) is 9.18. The largest absolute Gasteiger partial charge is 0.340 e. The predicted molar refractivity (Wildman–Crippen MR) is 94.5 cm³/mol. The summed E-state index contributed by atoms with van der Waals surface area (Å²) in [5.74, 6) is 1.72. The number of amides is 1. The fourth-order valence-corrected chi connectivity index (χ4v) is 6.28. The lowest BCUT2D eigenvalue weighted by Gasteiger charge is -2.44. The molecule has 1 aromatic carbocycles. The number of rotatable bonds is 1. The van der Waals surface area contributed by atoms with E-state index in [4.69, 9.17) is 5.73 Å². The second-order valence-corrected chi connectivity index (χ2v) is 8.00. The van der Waals surface area contributed by atoms with Crippen LogP contribution in [0.3, 0.4) is 0 Å². The molecule has 0 bridgehead atoms. The molecular formula is C20H25N3O. The molecule has 4 heteroatoms. The Balaban J connectivity index is 1.83. The Labute approximate surface area is 142 Å². The number of aryl methyl sites for hydroxylation is 1. The third kappa shape index (κ3) is 1.47. The van der Waals surface area contributed by atoms with E-state index in [-0.39, 0.29) is 5.54 Å². The Hall–Kier alpha value is -1.81. The van der Waals surface area contributed by atoms with Crippen molar-refractivity contribution in [2.24, 2.45) is 23.5 Å². The van der Waals surface area contributed by atoms with Gasteiger partial charge >= 0.3 is 0 Å². The van der Waals surface area contributed by atoms with Gasteiger partial charge in [-0.1, -0.05) is 25.1 Å². The number of aromatic nitrogens is 1. The van der Waals surface area contributed by atoms with Crippen molar-refractivity contribution in [2.75, 3.05) is 13.1 Å². The molecule has 5 rings (SSSR count). The van der Waals surface area contributed by atoms with Gasteiger partial charge < -0.3 is 15.2 Å². The van der Waals surface area contributed by atoms with Crippen LogP contribution in [0.5, 0.6) is 0 Å². The zero-order chi connectivity index (χ0) is 16.6. The van der Waals surface area contributed by atoms with Gasteiger partial charge in [-0.3, -0.25) is 4.79 Å². The molecule has 3 heterocycles. The van der Waals surface area contributed by atoms with Crippen LogP contribution in [0.1, 0.15) is 31.0 Å². The summed E-state index contributed by atoms with van der Waals surface area (Å²) in [5.41, 5.74) is 10.1. The molecule has 2 aromatic rings. The molecule has 0 unspecified atom stereocenters. The smallest absolute Gasteiger partial charge is 0.223 e. The van der Waals surface area contributed by atoms with E-state index in [2.05, 4.69) is 47.6 Å². The Kier molecular flexibility index (Phi) is 2.80. The summed E-state index contributed by atoms with van der Waals surface area (Å²) in [5, 5.41) is 1.34. The molecule has 1 aromatic heterocycles. The second kappa shape index (κ2) is 4.63. The minimum Gasteiger partial charge on any atom is -0.340 e. The Morgan fingerprint density at radius 2 is 2.08 bits per heavy atom. The predicted octanol–water partition coefficient (Wildman–Crippen LogP) is 2.62. The van der Waals surface area contributed by atoms with Gasteiger partial charge in [0.05, 0.1) is 5.54 Å². The molecule has 126 valence electrons. The zero-order valence-electron chi connectivity index (χ0n) is 14.5. The van der Waals surface area contributed by atoms with Gasteiger partial charge in [-0.2, -0.15) is 0 Å². The van der Waals surface area contributed by atoms with Crippen LogP contribution >= 0.6 is 0 Å². The molecule has 2 fully saturated rings. The van der Waals surface area contributed by atoms with E-state index in [1.165, 1.54) is 22.2 Å².